The number of hydrogen-bond acceptors (Lipinski definition) is 8. The van der Waals surface area contributed by atoms with Crippen LogP contribution in [-0.4, -0.2) is 68.4 Å². The molecule has 6 atom stereocenters. The minimum Gasteiger partial charge on any atom is -0.497 e. The summed E-state index contributed by atoms with van der Waals surface area (Å²) in [5.74, 6) is -0.269. The van der Waals surface area contributed by atoms with Crippen molar-refractivity contribution >= 4 is 22.8 Å². The number of piperidine rings is 1. The van der Waals surface area contributed by atoms with Crippen molar-refractivity contribution in [3.63, 3.8) is 0 Å². The number of carbonyl (C=O) groups excluding carboxylic acids is 2. The molecule has 0 radical (unpaired) electrons. The van der Waals surface area contributed by atoms with E-state index in [0.717, 1.165) is 42.8 Å². The zero-order valence-electron chi connectivity index (χ0n) is 23.2. The molecule has 2 aromatic carbocycles. The zero-order chi connectivity index (χ0) is 28.0. The molecule has 9 heteroatoms. The molecule has 3 heterocycles. The molecule has 0 unspecified atom stereocenters. The fourth-order valence-electron chi connectivity index (χ4n) is 7.34. The molecule has 3 aliphatic rings. The van der Waals surface area contributed by atoms with Crippen molar-refractivity contribution in [2.45, 2.75) is 44.1 Å². The number of fused-ring (bicyclic) bond motifs is 6. The maximum atomic E-state index is 13.3. The SMILES string of the molecule is COC(=O)[C@H]1[C@H]2C[C@@H]3c4[nH]c5cc(OC)ccc5c4CCN3C[C@H]2C[C@@H](OC(=O)c2ccc(CN)cc2)[C@@H]1OC. The van der Waals surface area contributed by atoms with E-state index in [0.29, 0.717) is 18.5 Å². The Bertz CT molecular complexity index is 1400. The molecule has 1 saturated carbocycles. The second-order valence-corrected chi connectivity index (χ2v) is 11.2. The van der Waals surface area contributed by atoms with Crippen LogP contribution >= 0.6 is 0 Å². The summed E-state index contributed by atoms with van der Waals surface area (Å²) in [5, 5.41) is 1.23. The minimum absolute atomic E-state index is 0.0318. The Labute approximate surface area is 233 Å². The van der Waals surface area contributed by atoms with Crippen molar-refractivity contribution in [3.8, 4) is 5.75 Å². The lowest BCUT2D eigenvalue weighted by molar-refractivity contribution is -0.176. The van der Waals surface area contributed by atoms with E-state index < -0.39 is 24.1 Å². The second kappa shape index (κ2) is 10.9. The van der Waals surface area contributed by atoms with Crippen LogP contribution < -0.4 is 10.5 Å². The van der Waals surface area contributed by atoms with E-state index >= 15 is 0 Å². The number of rotatable bonds is 6. The number of hydrogen-bond donors (Lipinski definition) is 2. The maximum Gasteiger partial charge on any atom is 0.338 e. The lowest BCUT2D eigenvalue weighted by atomic mass is 9.63. The van der Waals surface area contributed by atoms with E-state index in [2.05, 4.69) is 16.0 Å². The van der Waals surface area contributed by atoms with E-state index in [4.69, 9.17) is 24.7 Å². The van der Waals surface area contributed by atoms with Crippen molar-refractivity contribution in [1.29, 1.82) is 0 Å². The number of nitrogens with one attached hydrogen (secondary N) is 1. The summed E-state index contributed by atoms with van der Waals surface area (Å²) in [6.07, 6.45) is 1.22. The van der Waals surface area contributed by atoms with Gasteiger partial charge in [-0.2, -0.15) is 0 Å². The van der Waals surface area contributed by atoms with Crippen molar-refractivity contribution in [1.82, 2.24) is 9.88 Å². The Morgan fingerprint density at radius 2 is 1.88 bits per heavy atom. The maximum absolute atomic E-state index is 13.3. The van der Waals surface area contributed by atoms with E-state index in [1.165, 1.54) is 23.8 Å². The number of nitrogens with two attached hydrogens (primary N) is 1. The molecule has 3 aromatic rings. The first-order valence-electron chi connectivity index (χ1n) is 14.0. The quantitative estimate of drug-likeness (QED) is 0.450. The molecule has 40 heavy (non-hydrogen) atoms. The number of aromatic amines is 1. The van der Waals surface area contributed by atoms with Crippen molar-refractivity contribution in [2.75, 3.05) is 34.4 Å². The lowest BCUT2D eigenvalue weighted by Crippen LogP contribution is -2.58. The Kier molecular flexibility index (Phi) is 7.29. The first kappa shape index (κ1) is 26.8. The Balaban J connectivity index is 1.29. The van der Waals surface area contributed by atoms with Gasteiger partial charge in [0, 0.05) is 49.4 Å². The smallest absolute Gasteiger partial charge is 0.338 e. The van der Waals surface area contributed by atoms with E-state index in [1.807, 2.05) is 24.3 Å². The van der Waals surface area contributed by atoms with Crippen LogP contribution in [-0.2, 0) is 32.0 Å². The van der Waals surface area contributed by atoms with Crippen molar-refractivity contribution in [2.24, 2.45) is 23.5 Å². The van der Waals surface area contributed by atoms with E-state index in [1.54, 1.807) is 26.4 Å². The van der Waals surface area contributed by atoms with Crippen LogP contribution in [0.15, 0.2) is 42.5 Å². The predicted octanol–water partition coefficient (Wildman–Crippen LogP) is 3.60. The number of H-pyrrole nitrogens is 1. The number of esters is 2. The van der Waals surface area contributed by atoms with Crippen LogP contribution in [0.25, 0.3) is 10.9 Å². The first-order valence-corrected chi connectivity index (χ1v) is 14.0. The van der Waals surface area contributed by atoms with Gasteiger partial charge in [-0.1, -0.05) is 12.1 Å². The molecule has 0 amide bonds. The van der Waals surface area contributed by atoms with Gasteiger partial charge in [0.2, 0.25) is 0 Å². The molecule has 1 saturated heterocycles. The van der Waals surface area contributed by atoms with Gasteiger partial charge in [0.05, 0.1) is 31.7 Å². The second-order valence-electron chi connectivity index (χ2n) is 11.2. The molecule has 9 nitrogen and oxygen atoms in total. The molecule has 2 fully saturated rings. The summed E-state index contributed by atoms with van der Waals surface area (Å²) in [6.45, 7) is 2.16. The van der Waals surface area contributed by atoms with Crippen molar-refractivity contribution in [3.05, 3.63) is 64.8 Å². The molecule has 0 bridgehead atoms. The molecule has 1 aliphatic carbocycles. The van der Waals surface area contributed by atoms with Gasteiger partial charge in [-0.3, -0.25) is 9.69 Å². The number of ether oxygens (including phenoxy) is 4. The van der Waals surface area contributed by atoms with Crippen LogP contribution in [0.2, 0.25) is 0 Å². The highest BCUT2D eigenvalue weighted by molar-refractivity contribution is 5.89. The van der Waals surface area contributed by atoms with Gasteiger partial charge < -0.3 is 29.7 Å². The van der Waals surface area contributed by atoms with Gasteiger partial charge in [-0.15, -0.1) is 0 Å². The first-order chi connectivity index (χ1) is 19.4. The highest BCUT2D eigenvalue weighted by atomic mass is 16.6. The Hall–Kier alpha value is -3.40. The van der Waals surface area contributed by atoms with Gasteiger partial charge >= 0.3 is 11.9 Å². The molecule has 212 valence electrons. The van der Waals surface area contributed by atoms with Crippen LogP contribution in [0.1, 0.15) is 46.1 Å². The molecule has 2 aliphatic heterocycles. The number of nitrogens with zero attached hydrogens (tertiary/aromatic N) is 1. The van der Waals surface area contributed by atoms with Gasteiger partial charge in [0.15, 0.2) is 0 Å². The predicted molar refractivity (Wildman–Crippen MR) is 149 cm³/mol. The van der Waals surface area contributed by atoms with Gasteiger partial charge in [-0.25, -0.2) is 4.79 Å². The van der Waals surface area contributed by atoms with Crippen molar-refractivity contribution < 1.29 is 28.5 Å². The van der Waals surface area contributed by atoms with E-state index in [-0.39, 0.29) is 23.8 Å². The monoisotopic (exact) mass is 547 g/mol. The third-order valence-corrected chi connectivity index (χ3v) is 9.29. The average molecular weight is 548 g/mol. The third-order valence-electron chi connectivity index (χ3n) is 9.29. The van der Waals surface area contributed by atoms with Crippen LogP contribution in [0.4, 0.5) is 0 Å². The number of carbonyl (C=O) groups is 2. The van der Waals surface area contributed by atoms with Gasteiger partial charge in [-0.05, 0) is 66.5 Å². The normalized spacial score (nSPS) is 27.8. The summed E-state index contributed by atoms with van der Waals surface area (Å²) >= 11 is 0. The summed E-state index contributed by atoms with van der Waals surface area (Å²) < 4.78 is 22.7. The number of methoxy groups -OCH3 is 3. The average Bonchev–Trinajstić information content (AvgIpc) is 3.37. The lowest BCUT2D eigenvalue weighted by Gasteiger charge is -2.52. The molecule has 6 rings (SSSR count). The van der Waals surface area contributed by atoms with Crippen LogP contribution in [0, 0.1) is 17.8 Å². The molecular weight excluding hydrogens is 510 g/mol. The molecule has 1 aromatic heterocycles. The van der Waals surface area contributed by atoms with E-state index in [9.17, 15) is 9.59 Å². The topological polar surface area (TPSA) is 116 Å². The van der Waals surface area contributed by atoms with Gasteiger partial charge in [0.1, 0.15) is 18.0 Å². The minimum atomic E-state index is -0.595. The summed E-state index contributed by atoms with van der Waals surface area (Å²) in [4.78, 5) is 32.6. The highest BCUT2D eigenvalue weighted by Gasteiger charge is 2.54. The summed E-state index contributed by atoms with van der Waals surface area (Å²) in [7, 11) is 4.67. The summed E-state index contributed by atoms with van der Waals surface area (Å²) in [6, 6.07) is 13.4. The van der Waals surface area contributed by atoms with Gasteiger partial charge in [0.25, 0.3) is 0 Å². The number of aromatic nitrogens is 1. The standard InChI is InChI=1S/C31H37N3O6/c1-37-20-8-9-21-22-10-11-34-16-19-12-26(40-30(35)18-6-4-17(15-32)5-7-18)29(38-2)27(31(36)39-3)23(19)14-25(34)28(22)33-24(21)13-20/h4-9,13,19,23,25-27,29,33H,10-12,14-16,32H2,1-3H3/t19-,23+,25-,26-,27+,29+/m1/s1. The molecular formula is C31H37N3O6. The molecule has 3 N–H and O–H groups in total. The van der Waals surface area contributed by atoms with Crippen LogP contribution in [0.5, 0.6) is 5.75 Å². The number of benzene rings is 2. The summed E-state index contributed by atoms with van der Waals surface area (Å²) in [5.41, 5.74) is 10.7. The molecule has 0 spiro atoms. The fourth-order valence-corrected chi connectivity index (χ4v) is 7.34. The largest absolute Gasteiger partial charge is 0.497 e. The fraction of sp³-hybridized carbons (Fsp3) is 0.484. The highest BCUT2D eigenvalue weighted by Crippen LogP contribution is 2.50. The Morgan fingerprint density at radius 3 is 2.58 bits per heavy atom. The zero-order valence-corrected chi connectivity index (χ0v) is 23.2. The Morgan fingerprint density at radius 1 is 1.07 bits per heavy atom. The van der Waals surface area contributed by atoms with Crippen LogP contribution in [0.3, 0.4) is 0 Å². The third kappa shape index (κ3) is 4.56.